The molecular formula is C8H7NS. The molecule has 1 aromatic rings. The minimum absolute atomic E-state index is 1.01. The van der Waals surface area contributed by atoms with Gasteiger partial charge in [0, 0.05) is 16.2 Å². The first-order chi connectivity index (χ1) is 4.88. The van der Waals surface area contributed by atoms with E-state index in [0.717, 1.165) is 5.70 Å². The minimum atomic E-state index is 1.01. The predicted molar refractivity (Wildman–Crippen MR) is 44.5 cm³/mol. The van der Waals surface area contributed by atoms with E-state index >= 15 is 0 Å². The summed E-state index contributed by atoms with van der Waals surface area (Å²) in [6.07, 6.45) is 0. The zero-order chi connectivity index (χ0) is 6.97. The van der Waals surface area contributed by atoms with E-state index in [1.807, 2.05) is 12.1 Å². The van der Waals surface area contributed by atoms with E-state index in [1.165, 1.54) is 10.5 Å². The van der Waals surface area contributed by atoms with Gasteiger partial charge in [-0.3, -0.25) is 0 Å². The summed E-state index contributed by atoms with van der Waals surface area (Å²) in [6.45, 7) is 3.86. The van der Waals surface area contributed by atoms with E-state index in [0.29, 0.717) is 0 Å². The van der Waals surface area contributed by atoms with Crippen molar-refractivity contribution >= 4 is 17.6 Å². The molecule has 0 unspecified atom stereocenters. The van der Waals surface area contributed by atoms with Crippen molar-refractivity contribution in [2.24, 2.45) is 0 Å². The Labute approximate surface area is 64.3 Å². The Bertz CT molecular complexity index is 280. The van der Waals surface area contributed by atoms with Crippen LogP contribution in [-0.4, -0.2) is 0 Å². The zero-order valence-electron chi connectivity index (χ0n) is 5.42. The van der Waals surface area contributed by atoms with Crippen LogP contribution in [0.2, 0.25) is 0 Å². The average molecular weight is 149 g/mol. The maximum absolute atomic E-state index is 3.86. The monoisotopic (exact) mass is 149 g/mol. The number of rotatable bonds is 0. The van der Waals surface area contributed by atoms with Gasteiger partial charge < -0.3 is 4.72 Å². The normalized spacial score (nSPS) is 14.6. The van der Waals surface area contributed by atoms with Gasteiger partial charge in [0.2, 0.25) is 0 Å². The number of hydrogen-bond acceptors (Lipinski definition) is 2. The summed E-state index contributed by atoms with van der Waals surface area (Å²) in [7, 11) is 0. The fraction of sp³-hybridized carbons (Fsp3) is 0. The maximum atomic E-state index is 3.86. The minimum Gasteiger partial charge on any atom is -0.326 e. The lowest BCUT2D eigenvalue weighted by molar-refractivity contribution is 1.41. The average Bonchev–Trinajstić information content (AvgIpc) is 2.34. The number of hydrogen-bond donors (Lipinski definition) is 1. The van der Waals surface area contributed by atoms with Crippen molar-refractivity contribution in [3.63, 3.8) is 0 Å². The molecule has 1 aromatic carbocycles. The highest BCUT2D eigenvalue weighted by atomic mass is 32.2. The quantitative estimate of drug-likeness (QED) is 0.568. The molecule has 50 valence electrons. The first kappa shape index (κ1) is 5.86. The smallest absolute Gasteiger partial charge is 0.0455 e. The summed E-state index contributed by atoms with van der Waals surface area (Å²) in [5.41, 5.74) is 2.24. The van der Waals surface area contributed by atoms with Crippen LogP contribution in [0, 0.1) is 0 Å². The fourth-order valence-electron chi connectivity index (χ4n) is 0.977. The molecule has 0 bridgehead atoms. The highest BCUT2D eigenvalue weighted by Crippen LogP contribution is 2.32. The van der Waals surface area contributed by atoms with Crippen LogP contribution >= 0.6 is 11.9 Å². The largest absolute Gasteiger partial charge is 0.326 e. The van der Waals surface area contributed by atoms with Crippen molar-refractivity contribution in [3.8, 4) is 0 Å². The standard InChI is InChI=1S/C8H7NS/c1-6-7-4-2-3-5-8(7)10-9-6/h2-5,9H,1H2. The van der Waals surface area contributed by atoms with Crippen molar-refractivity contribution in [3.05, 3.63) is 36.4 Å². The lowest BCUT2D eigenvalue weighted by Crippen LogP contribution is -1.88. The molecule has 0 radical (unpaired) electrons. The zero-order valence-corrected chi connectivity index (χ0v) is 6.24. The maximum Gasteiger partial charge on any atom is 0.0455 e. The molecule has 0 aliphatic carbocycles. The van der Waals surface area contributed by atoms with E-state index in [9.17, 15) is 0 Å². The van der Waals surface area contributed by atoms with Crippen LogP contribution in [0.15, 0.2) is 35.7 Å². The van der Waals surface area contributed by atoms with Gasteiger partial charge in [-0.25, -0.2) is 0 Å². The van der Waals surface area contributed by atoms with Crippen LogP contribution in [0.5, 0.6) is 0 Å². The Morgan fingerprint density at radius 1 is 1.30 bits per heavy atom. The van der Waals surface area contributed by atoms with Gasteiger partial charge in [-0.15, -0.1) is 0 Å². The first-order valence-corrected chi connectivity index (χ1v) is 3.91. The molecule has 0 fully saturated rings. The molecule has 2 heteroatoms. The molecule has 10 heavy (non-hydrogen) atoms. The molecule has 0 saturated heterocycles. The SMILES string of the molecule is C=C1NSc2ccccc21. The van der Waals surface area contributed by atoms with Crippen molar-refractivity contribution in [2.75, 3.05) is 0 Å². The molecule has 0 amide bonds. The topological polar surface area (TPSA) is 12.0 Å². The van der Waals surface area contributed by atoms with Gasteiger partial charge in [0.05, 0.1) is 0 Å². The number of fused-ring (bicyclic) bond motifs is 1. The van der Waals surface area contributed by atoms with E-state index < -0.39 is 0 Å². The van der Waals surface area contributed by atoms with Crippen molar-refractivity contribution in [1.29, 1.82) is 0 Å². The predicted octanol–water partition coefficient (Wildman–Crippen LogP) is 2.27. The molecular weight excluding hydrogens is 142 g/mol. The summed E-state index contributed by atoms with van der Waals surface area (Å²) in [6, 6.07) is 8.22. The Hall–Kier alpha value is -0.890. The van der Waals surface area contributed by atoms with Crippen LogP contribution in [0.3, 0.4) is 0 Å². The first-order valence-electron chi connectivity index (χ1n) is 3.09. The van der Waals surface area contributed by atoms with Gasteiger partial charge in [-0.2, -0.15) is 0 Å². The number of nitrogens with one attached hydrogen (secondary N) is 1. The molecule has 0 saturated carbocycles. The van der Waals surface area contributed by atoms with Gasteiger partial charge >= 0.3 is 0 Å². The Morgan fingerprint density at radius 2 is 2.10 bits per heavy atom. The molecule has 1 aliphatic rings. The summed E-state index contributed by atoms with van der Waals surface area (Å²) in [5.74, 6) is 0. The van der Waals surface area contributed by atoms with Crippen LogP contribution in [0.25, 0.3) is 5.70 Å². The van der Waals surface area contributed by atoms with Gasteiger partial charge in [-0.1, -0.05) is 24.8 Å². The van der Waals surface area contributed by atoms with Crippen LogP contribution in [-0.2, 0) is 0 Å². The highest BCUT2D eigenvalue weighted by Gasteiger charge is 2.12. The van der Waals surface area contributed by atoms with E-state index in [2.05, 4.69) is 23.4 Å². The van der Waals surface area contributed by atoms with Crippen molar-refractivity contribution < 1.29 is 0 Å². The van der Waals surface area contributed by atoms with Gasteiger partial charge in [0.1, 0.15) is 0 Å². The molecule has 1 nitrogen and oxygen atoms in total. The Balaban J connectivity index is 2.61. The summed E-state index contributed by atoms with van der Waals surface area (Å²) < 4.78 is 3.11. The lowest BCUT2D eigenvalue weighted by atomic mass is 10.2. The van der Waals surface area contributed by atoms with Crippen LogP contribution in [0.1, 0.15) is 5.56 Å². The van der Waals surface area contributed by atoms with Crippen molar-refractivity contribution in [2.45, 2.75) is 4.90 Å². The third-order valence-corrected chi connectivity index (χ3v) is 2.42. The number of benzene rings is 1. The second kappa shape index (κ2) is 2.06. The fourth-order valence-corrected chi connectivity index (χ4v) is 1.77. The second-order valence-electron chi connectivity index (χ2n) is 2.18. The molecule has 1 N–H and O–H groups in total. The molecule has 2 rings (SSSR count). The van der Waals surface area contributed by atoms with Gasteiger partial charge in [-0.05, 0) is 18.0 Å². The third-order valence-electron chi connectivity index (χ3n) is 1.50. The Kier molecular flexibility index (Phi) is 1.21. The van der Waals surface area contributed by atoms with Crippen LogP contribution in [0.4, 0.5) is 0 Å². The third kappa shape index (κ3) is 0.727. The molecule has 0 spiro atoms. The van der Waals surface area contributed by atoms with E-state index in [-0.39, 0.29) is 0 Å². The van der Waals surface area contributed by atoms with E-state index in [4.69, 9.17) is 0 Å². The summed E-state index contributed by atoms with van der Waals surface area (Å²) in [4.78, 5) is 1.27. The van der Waals surface area contributed by atoms with Crippen LogP contribution < -0.4 is 4.72 Å². The molecule has 1 aliphatic heterocycles. The highest BCUT2D eigenvalue weighted by molar-refractivity contribution is 7.98. The summed E-state index contributed by atoms with van der Waals surface area (Å²) >= 11 is 1.63. The molecule has 1 heterocycles. The van der Waals surface area contributed by atoms with Gasteiger partial charge in [0.25, 0.3) is 0 Å². The van der Waals surface area contributed by atoms with E-state index in [1.54, 1.807) is 11.9 Å². The molecule has 0 aromatic heterocycles. The Morgan fingerprint density at radius 3 is 2.90 bits per heavy atom. The van der Waals surface area contributed by atoms with Crippen molar-refractivity contribution in [1.82, 2.24) is 4.72 Å². The second-order valence-corrected chi connectivity index (χ2v) is 3.03. The molecule has 0 atom stereocenters. The lowest BCUT2D eigenvalue weighted by Gasteiger charge is -1.92. The summed E-state index contributed by atoms with van der Waals surface area (Å²) in [5, 5.41) is 0. The van der Waals surface area contributed by atoms with Gasteiger partial charge in [0.15, 0.2) is 0 Å².